The predicted octanol–water partition coefficient (Wildman–Crippen LogP) is 1.82. The molecule has 26 heavy (non-hydrogen) atoms. The Morgan fingerprint density at radius 1 is 1.35 bits per heavy atom. The Labute approximate surface area is 155 Å². The Morgan fingerprint density at radius 3 is 2.77 bits per heavy atom. The summed E-state index contributed by atoms with van der Waals surface area (Å²) in [7, 11) is -3.13. The summed E-state index contributed by atoms with van der Waals surface area (Å²) in [6.45, 7) is 5.30. The number of hydrogen-bond donors (Lipinski definition) is 1. The molecule has 3 aliphatic heterocycles. The topological polar surface area (TPSA) is 71.5 Å². The minimum atomic E-state index is -3.13. The molecule has 7 heteroatoms. The van der Waals surface area contributed by atoms with Crippen molar-refractivity contribution >= 4 is 15.6 Å². The first-order valence-electron chi connectivity index (χ1n) is 9.38. The molecular weight excluding hydrogens is 350 g/mol. The lowest BCUT2D eigenvalue weighted by atomic mass is 9.79. The van der Waals surface area contributed by atoms with Gasteiger partial charge in [0.2, 0.25) is 10.0 Å². The van der Waals surface area contributed by atoms with Crippen LogP contribution >= 0.6 is 0 Å². The van der Waals surface area contributed by atoms with Gasteiger partial charge < -0.3 is 10.1 Å². The minimum absolute atomic E-state index is 0.140. The monoisotopic (exact) mass is 377 g/mol. The van der Waals surface area contributed by atoms with Crippen LogP contribution < -0.4 is 10.1 Å². The third-order valence-electron chi connectivity index (χ3n) is 6.01. The van der Waals surface area contributed by atoms with E-state index in [0.717, 1.165) is 49.4 Å². The van der Waals surface area contributed by atoms with Gasteiger partial charge in [0.15, 0.2) is 0 Å². The summed E-state index contributed by atoms with van der Waals surface area (Å²) in [6.07, 6.45) is 9.02. The first-order valence-corrected chi connectivity index (χ1v) is 11.2. The molecule has 0 saturated carbocycles. The van der Waals surface area contributed by atoms with Gasteiger partial charge in [-0.3, -0.25) is 4.98 Å². The smallest absolute Gasteiger partial charge is 0.211 e. The van der Waals surface area contributed by atoms with Gasteiger partial charge >= 0.3 is 0 Å². The molecule has 1 aromatic heterocycles. The fourth-order valence-corrected chi connectivity index (χ4v) is 5.17. The first-order chi connectivity index (χ1) is 12.4. The number of nitrogens with zero attached hydrogens (tertiary/aromatic N) is 2. The minimum Gasteiger partial charge on any atom is -0.485 e. The van der Waals surface area contributed by atoms with Crippen LogP contribution in [0.4, 0.5) is 0 Å². The van der Waals surface area contributed by atoms with Crippen LogP contribution in [0.2, 0.25) is 0 Å². The average molecular weight is 378 g/mol. The Balaban J connectivity index is 1.52. The maximum atomic E-state index is 11.7. The average Bonchev–Trinajstić information content (AvgIpc) is 2.98. The Hall–Kier alpha value is -1.44. The number of fused-ring (bicyclic) bond motifs is 1. The number of rotatable bonds is 3. The van der Waals surface area contributed by atoms with E-state index in [1.54, 1.807) is 0 Å². The van der Waals surface area contributed by atoms with E-state index in [9.17, 15) is 8.42 Å². The van der Waals surface area contributed by atoms with Crippen LogP contribution in [-0.2, 0) is 16.4 Å². The third kappa shape index (κ3) is 3.40. The highest BCUT2D eigenvalue weighted by Crippen LogP contribution is 2.42. The zero-order valence-electron chi connectivity index (χ0n) is 15.5. The lowest BCUT2D eigenvalue weighted by molar-refractivity contribution is 0.0317. The molecule has 1 saturated heterocycles. The molecule has 0 aliphatic carbocycles. The van der Waals surface area contributed by atoms with Crippen LogP contribution in [0.25, 0.3) is 5.57 Å². The van der Waals surface area contributed by atoms with E-state index in [0.29, 0.717) is 25.4 Å². The number of aromatic nitrogens is 1. The van der Waals surface area contributed by atoms with Crippen molar-refractivity contribution in [1.29, 1.82) is 0 Å². The summed E-state index contributed by atoms with van der Waals surface area (Å²) in [4.78, 5) is 4.60. The van der Waals surface area contributed by atoms with Crippen LogP contribution in [0, 0.1) is 5.92 Å². The Morgan fingerprint density at radius 2 is 2.12 bits per heavy atom. The van der Waals surface area contributed by atoms with E-state index in [2.05, 4.69) is 23.3 Å². The fourth-order valence-electron chi connectivity index (χ4n) is 4.40. The number of nitrogens with one attached hydrogen (secondary N) is 1. The molecule has 1 aromatic rings. The maximum Gasteiger partial charge on any atom is 0.211 e. The van der Waals surface area contributed by atoms with Gasteiger partial charge in [-0.2, -0.15) is 4.31 Å². The van der Waals surface area contributed by atoms with Gasteiger partial charge in [-0.1, -0.05) is 6.08 Å². The highest BCUT2D eigenvalue weighted by atomic mass is 32.2. The van der Waals surface area contributed by atoms with Gasteiger partial charge in [0.1, 0.15) is 11.4 Å². The maximum absolute atomic E-state index is 11.7. The molecule has 0 spiro atoms. The van der Waals surface area contributed by atoms with Crippen molar-refractivity contribution in [3.63, 3.8) is 0 Å². The molecule has 1 atom stereocenters. The van der Waals surface area contributed by atoms with Crippen LogP contribution in [-0.4, -0.2) is 55.7 Å². The van der Waals surface area contributed by atoms with Crippen molar-refractivity contribution in [2.75, 3.05) is 32.4 Å². The summed E-state index contributed by atoms with van der Waals surface area (Å²) < 4.78 is 31.2. The molecule has 142 valence electrons. The Kier molecular flexibility index (Phi) is 4.57. The van der Waals surface area contributed by atoms with Crippen molar-refractivity contribution in [2.24, 2.45) is 5.92 Å². The molecule has 1 fully saturated rings. The number of ether oxygens (including phenoxy) is 1. The lowest BCUT2D eigenvalue weighted by Crippen LogP contribution is -2.44. The van der Waals surface area contributed by atoms with Crippen molar-refractivity contribution in [3.8, 4) is 5.75 Å². The summed E-state index contributed by atoms with van der Waals surface area (Å²) >= 11 is 0. The molecule has 4 rings (SSSR count). The molecule has 1 unspecified atom stereocenters. The SMILES string of the molecule is CC1(C2CCNCC2)Cc2cc(C3=CCN(S(C)(=O)=O)CC3)ncc2O1. The van der Waals surface area contributed by atoms with Gasteiger partial charge in [0, 0.05) is 31.0 Å². The highest BCUT2D eigenvalue weighted by Gasteiger charge is 2.42. The van der Waals surface area contributed by atoms with Gasteiger partial charge in [-0.15, -0.1) is 0 Å². The van der Waals surface area contributed by atoms with E-state index in [1.165, 1.54) is 16.1 Å². The van der Waals surface area contributed by atoms with E-state index in [-0.39, 0.29) is 5.60 Å². The molecule has 6 nitrogen and oxygen atoms in total. The lowest BCUT2D eigenvalue weighted by Gasteiger charge is -2.36. The molecule has 0 aromatic carbocycles. The molecule has 0 bridgehead atoms. The normalized spacial score (nSPS) is 27.7. The van der Waals surface area contributed by atoms with Crippen molar-refractivity contribution in [3.05, 3.63) is 29.6 Å². The van der Waals surface area contributed by atoms with E-state index >= 15 is 0 Å². The van der Waals surface area contributed by atoms with Gasteiger partial charge in [0.25, 0.3) is 0 Å². The Bertz CT molecular complexity index is 830. The first kappa shape index (κ1) is 17.9. The van der Waals surface area contributed by atoms with Gasteiger partial charge in [-0.25, -0.2) is 8.42 Å². The summed E-state index contributed by atoms with van der Waals surface area (Å²) in [5, 5.41) is 3.42. The second-order valence-electron chi connectivity index (χ2n) is 7.89. The summed E-state index contributed by atoms with van der Waals surface area (Å²) in [6, 6.07) is 2.14. The van der Waals surface area contributed by atoms with Crippen LogP contribution in [0.15, 0.2) is 18.3 Å². The number of pyridine rings is 1. The largest absolute Gasteiger partial charge is 0.485 e. The third-order valence-corrected chi connectivity index (χ3v) is 7.28. The van der Waals surface area contributed by atoms with Gasteiger partial charge in [0.05, 0.1) is 18.1 Å². The second-order valence-corrected chi connectivity index (χ2v) is 9.88. The van der Waals surface area contributed by atoms with E-state index in [4.69, 9.17) is 4.74 Å². The fraction of sp³-hybridized carbons (Fsp3) is 0.632. The van der Waals surface area contributed by atoms with E-state index < -0.39 is 10.0 Å². The quantitative estimate of drug-likeness (QED) is 0.870. The number of piperidine rings is 1. The predicted molar refractivity (Wildman–Crippen MR) is 102 cm³/mol. The number of hydrogen-bond acceptors (Lipinski definition) is 5. The molecule has 4 heterocycles. The zero-order chi connectivity index (χ0) is 18.4. The van der Waals surface area contributed by atoms with E-state index in [1.807, 2.05) is 12.3 Å². The molecule has 1 N–H and O–H groups in total. The molecule has 0 radical (unpaired) electrons. The summed E-state index contributed by atoms with van der Waals surface area (Å²) in [5.41, 5.74) is 3.17. The van der Waals surface area contributed by atoms with Crippen LogP contribution in [0.1, 0.15) is 37.4 Å². The standard InChI is InChI=1S/C19H27N3O3S/c1-19(16-3-7-20-8-4-16)12-15-11-17(21-13-18(15)25-19)14-5-9-22(10-6-14)26(2,23)24/h5,11,13,16,20H,3-4,6-10,12H2,1-2H3. The second kappa shape index (κ2) is 6.62. The van der Waals surface area contributed by atoms with Gasteiger partial charge in [-0.05, 0) is 50.9 Å². The molecule has 3 aliphatic rings. The zero-order valence-corrected chi connectivity index (χ0v) is 16.3. The molecular formula is C19H27N3O3S. The van der Waals surface area contributed by atoms with Crippen LogP contribution in [0.3, 0.4) is 0 Å². The highest BCUT2D eigenvalue weighted by molar-refractivity contribution is 7.88. The van der Waals surface area contributed by atoms with Crippen LogP contribution in [0.5, 0.6) is 5.75 Å². The van der Waals surface area contributed by atoms with Crippen molar-refractivity contribution in [2.45, 2.75) is 38.2 Å². The van der Waals surface area contributed by atoms with Crippen molar-refractivity contribution < 1.29 is 13.2 Å². The summed E-state index contributed by atoms with van der Waals surface area (Å²) in [5.74, 6) is 1.47. The molecule has 0 amide bonds. The van der Waals surface area contributed by atoms with Crippen molar-refractivity contribution in [1.82, 2.24) is 14.6 Å². The number of sulfonamides is 1.